The van der Waals surface area contributed by atoms with Crippen LogP contribution in [-0.4, -0.2) is 29.3 Å². The third-order valence-electron chi connectivity index (χ3n) is 3.31. The SMILES string of the molecule is CN(CCCC(=O)c1ccc(F)cc1)Cc1ccncc1. The number of hydrogen-bond donors (Lipinski definition) is 0. The van der Waals surface area contributed by atoms with Gasteiger partial charge in [0.05, 0.1) is 0 Å². The molecule has 0 saturated carbocycles. The second-order valence-corrected chi connectivity index (χ2v) is 5.13. The first-order chi connectivity index (χ1) is 10.1. The molecule has 0 N–H and O–H groups in total. The molecule has 21 heavy (non-hydrogen) atoms. The van der Waals surface area contributed by atoms with E-state index in [2.05, 4.69) is 9.88 Å². The Labute approximate surface area is 124 Å². The molecule has 0 unspecified atom stereocenters. The number of halogens is 1. The number of ketones is 1. The number of carbonyl (C=O) groups excluding carboxylic acids is 1. The summed E-state index contributed by atoms with van der Waals surface area (Å²) in [5, 5.41) is 0. The summed E-state index contributed by atoms with van der Waals surface area (Å²) >= 11 is 0. The van der Waals surface area contributed by atoms with Gasteiger partial charge in [0.15, 0.2) is 5.78 Å². The molecular weight excluding hydrogens is 267 g/mol. The van der Waals surface area contributed by atoms with Crippen molar-refractivity contribution in [3.05, 3.63) is 65.7 Å². The molecule has 1 heterocycles. The van der Waals surface area contributed by atoms with Crippen molar-refractivity contribution < 1.29 is 9.18 Å². The largest absolute Gasteiger partial charge is 0.302 e. The van der Waals surface area contributed by atoms with Gasteiger partial charge in [0.2, 0.25) is 0 Å². The van der Waals surface area contributed by atoms with Gasteiger partial charge < -0.3 is 4.90 Å². The fraction of sp³-hybridized carbons (Fsp3) is 0.294. The van der Waals surface area contributed by atoms with Crippen LogP contribution in [0.25, 0.3) is 0 Å². The molecule has 110 valence electrons. The highest BCUT2D eigenvalue weighted by atomic mass is 19.1. The van der Waals surface area contributed by atoms with Crippen LogP contribution in [0.15, 0.2) is 48.8 Å². The molecule has 0 aliphatic rings. The van der Waals surface area contributed by atoms with Crippen LogP contribution in [0.3, 0.4) is 0 Å². The fourth-order valence-electron chi connectivity index (χ4n) is 2.17. The summed E-state index contributed by atoms with van der Waals surface area (Å²) in [6.45, 7) is 1.68. The van der Waals surface area contributed by atoms with Crippen molar-refractivity contribution in [1.82, 2.24) is 9.88 Å². The fourth-order valence-corrected chi connectivity index (χ4v) is 2.17. The minimum atomic E-state index is -0.316. The van der Waals surface area contributed by atoms with Crippen molar-refractivity contribution in [2.75, 3.05) is 13.6 Å². The van der Waals surface area contributed by atoms with E-state index in [-0.39, 0.29) is 11.6 Å². The monoisotopic (exact) mass is 286 g/mol. The summed E-state index contributed by atoms with van der Waals surface area (Å²) in [6, 6.07) is 9.70. The van der Waals surface area contributed by atoms with Crippen molar-refractivity contribution >= 4 is 5.78 Å². The molecule has 0 atom stereocenters. The Hall–Kier alpha value is -2.07. The molecule has 2 aromatic rings. The van der Waals surface area contributed by atoms with Crippen molar-refractivity contribution in [1.29, 1.82) is 0 Å². The summed E-state index contributed by atoms with van der Waals surface area (Å²) in [6.07, 6.45) is 4.83. The summed E-state index contributed by atoms with van der Waals surface area (Å²) in [5.74, 6) is -0.254. The topological polar surface area (TPSA) is 33.2 Å². The van der Waals surface area contributed by atoms with E-state index in [9.17, 15) is 9.18 Å². The number of hydrogen-bond acceptors (Lipinski definition) is 3. The first-order valence-electron chi connectivity index (χ1n) is 7.01. The maximum Gasteiger partial charge on any atom is 0.162 e. The van der Waals surface area contributed by atoms with Gasteiger partial charge in [0, 0.05) is 30.9 Å². The predicted molar refractivity (Wildman–Crippen MR) is 80.5 cm³/mol. The van der Waals surface area contributed by atoms with Crippen molar-refractivity contribution in [3.63, 3.8) is 0 Å². The number of rotatable bonds is 7. The molecule has 0 aliphatic heterocycles. The number of Topliss-reactive ketones (excluding diaryl/α,β-unsaturated/α-hetero) is 1. The molecular formula is C17H19FN2O. The molecule has 0 saturated heterocycles. The Morgan fingerprint density at radius 2 is 1.81 bits per heavy atom. The highest BCUT2D eigenvalue weighted by Gasteiger charge is 2.07. The van der Waals surface area contributed by atoms with Gasteiger partial charge in [0.1, 0.15) is 5.82 Å². The zero-order chi connectivity index (χ0) is 15.1. The van der Waals surface area contributed by atoms with E-state index in [1.807, 2.05) is 19.2 Å². The minimum Gasteiger partial charge on any atom is -0.302 e. The molecule has 3 nitrogen and oxygen atoms in total. The molecule has 1 aromatic carbocycles. The van der Waals surface area contributed by atoms with E-state index in [0.29, 0.717) is 12.0 Å². The summed E-state index contributed by atoms with van der Waals surface area (Å²) in [4.78, 5) is 18.1. The standard InChI is InChI=1S/C17H19FN2O/c1-20(13-14-8-10-19-11-9-14)12-2-3-17(21)15-4-6-16(18)7-5-15/h4-11H,2-3,12-13H2,1H3. The number of benzene rings is 1. The average Bonchev–Trinajstić information content (AvgIpc) is 2.49. The van der Waals surface area contributed by atoms with E-state index < -0.39 is 0 Å². The molecule has 1 aromatic heterocycles. The summed E-state index contributed by atoms with van der Waals surface area (Å²) in [5.41, 5.74) is 1.78. The number of nitrogens with zero attached hydrogens (tertiary/aromatic N) is 2. The van der Waals surface area contributed by atoms with Crippen LogP contribution in [0.2, 0.25) is 0 Å². The molecule has 4 heteroatoms. The van der Waals surface area contributed by atoms with E-state index in [4.69, 9.17) is 0 Å². The van der Waals surface area contributed by atoms with Gasteiger partial charge >= 0.3 is 0 Å². The van der Waals surface area contributed by atoms with Crippen molar-refractivity contribution in [2.45, 2.75) is 19.4 Å². The Bertz CT molecular complexity index is 569. The van der Waals surface area contributed by atoms with Crippen LogP contribution in [-0.2, 0) is 6.54 Å². The second kappa shape index (κ2) is 7.64. The first kappa shape index (κ1) is 15.3. The lowest BCUT2D eigenvalue weighted by Gasteiger charge is -2.16. The van der Waals surface area contributed by atoms with Gasteiger partial charge in [-0.15, -0.1) is 0 Å². The third kappa shape index (κ3) is 5.08. The van der Waals surface area contributed by atoms with E-state index in [1.54, 1.807) is 24.5 Å². The lowest BCUT2D eigenvalue weighted by Crippen LogP contribution is -2.19. The van der Waals surface area contributed by atoms with Gasteiger partial charge in [-0.05, 0) is 62.0 Å². The van der Waals surface area contributed by atoms with E-state index in [0.717, 1.165) is 19.5 Å². The molecule has 2 rings (SSSR count). The summed E-state index contributed by atoms with van der Waals surface area (Å²) in [7, 11) is 2.03. The molecule has 0 aliphatic carbocycles. The van der Waals surface area contributed by atoms with Crippen LogP contribution in [0.1, 0.15) is 28.8 Å². The lowest BCUT2D eigenvalue weighted by molar-refractivity contribution is 0.0976. The quantitative estimate of drug-likeness (QED) is 0.732. The molecule has 0 amide bonds. The van der Waals surface area contributed by atoms with Crippen LogP contribution >= 0.6 is 0 Å². The number of pyridine rings is 1. The molecule has 0 fully saturated rings. The second-order valence-electron chi connectivity index (χ2n) is 5.13. The maximum atomic E-state index is 12.8. The Morgan fingerprint density at radius 1 is 1.14 bits per heavy atom. The predicted octanol–water partition coefficient (Wildman–Crippen LogP) is 3.32. The smallest absolute Gasteiger partial charge is 0.162 e. The van der Waals surface area contributed by atoms with Gasteiger partial charge in [-0.1, -0.05) is 0 Å². The Balaban J connectivity index is 1.73. The Morgan fingerprint density at radius 3 is 2.48 bits per heavy atom. The zero-order valence-corrected chi connectivity index (χ0v) is 12.1. The first-order valence-corrected chi connectivity index (χ1v) is 7.01. The van der Waals surface area contributed by atoms with Gasteiger partial charge in [-0.25, -0.2) is 4.39 Å². The molecule has 0 spiro atoms. The van der Waals surface area contributed by atoms with E-state index in [1.165, 1.54) is 17.7 Å². The molecule has 0 bridgehead atoms. The highest BCUT2D eigenvalue weighted by molar-refractivity contribution is 5.95. The Kier molecular flexibility index (Phi) is 5.58. The maximum absolute atomic E-state index is 12.8. The lowest BCUT2D eigenvalue weighted by atomic mass is 10.1. The minimum absolute atomic E-state index is 0.0623. The van der Waals surface area contributed by atoms with Crippen LogP contribution in [0.5, 0.6) is 0 Å². The van der Waals surface area contributed by atoms with Crippen LogP contribution in [0, 0.1) is 5.82 Å². The van der Waals surface area contributed by atoms with Crippen molar-refractivity contribution in [2.24, 2.45) is 0 Å². The van der Waals surface area contributed by atoms with Gasteiger partial charge in [-0.3, -0.25) is 9.78 Å². The normalized spacial score (nSPS) is 10.8. The van der Waals surface area contributed by atoms with Gasteiger partial charge in [0.25, 0.3) is 0 Å². The molecule has 0 radical (unpaired) electrons. The van der Waals surface area contributed by atoms with Crippen LogP contribution < -0.4 is 0 Å². The average molecular weight is 286 g/mol. The number of aromatic nitrogens is 1. The summed E-state index contributed by atoms with van der Waals surface area (Å²) < 4.78 is 12.8. The third-order valence-corrected chi connectivity index (χ3v) is 3.31. The van der Waals surface area contributed by atoms with Crippen molar-refractivity contribution in [3.8, 4) is 0 Å². The highest BCUT2D eigenvalue weighted by Crippen LogP contribution is 2.08. The van der Waals surface area contributed by atoms with Crippen LogP contribution in [0.4, 0.5) is 4.39 Å². The van der Waals surface area contributed by atoms with E-state index >= 15 is 0 Å². The number of carbonyl (C=O) groups is 1. The zero-order valence-electron chi connectivity index (χ0n) is 12.1. The van der Waals surface area contributed by atoms with Gasteiger partial charge in [-0.2, -0.15) is 0 Å².